The molecular formula is C9H11N5O. The molecule has 0 spiro atoms. The molecule has 0 radical (unpaired) electrons. The zero-order valence-electron chi connectivity index (χ0n) is 8.01. The van der Waals surface area contributed by atoms with Crippen LogP contribution in [-0.2, 0) is 0 Å². The highest BCUT2D eigenvalue weighted by Crippen LogP contribution is 2.13. The third-order valence-corrected chi connectivity index (χ3v) is 1.91. The Hall–Kier alpha value is -1.95. The average Bonchev–Trinajstić information content (AvgIpc) is 2.63. The van der Waals surface area contributed by atoms with Gasteiger partial charge in [-0.2, -0.15) is 0 Å². The molecule has 0 aliphatic carbocycles. The molecule has 4 N–H and O–H groups in total. The van der Waals surface area contributed by atoms with Crippen LogP contribution in [0.25, 0.3) is 17.2 Å². The largest absolute Gasteiger partial charge is 0.396 e. The van der Waals surface area contributed by atoms with E-state index in [4.69, 9.17) is 10.8 Å². The fraction of sp³-hybridized carbons (Fsp3) is 0.222. The van der Waals surface area contributed by atoms with Crippen molar-refractivity contribution in [2.24, 2.45) is 0 Å². The Balaban J connectivity index is 2.35. The van der Waals surface area contributed by atoms with E-state index in [-0.39, 0.29) is 6.61 Å². The van der Waals surface area contributed by atoms with Gasteiger partial charge in [-0.1, -0.05) is 6.08 Å². The van der Waals surface area contributed by atoms with Crippen LogP contribution in [0.1, 0.15) is 12.2 Å². The summed E-state index contributed by atoms with van der Waals surface area (Å²) in [4.78, 5) is 15.0. The predicted molar refractivity (Wildman–Crippen MR) is 56.8 cm³/mol. The fourth-order valence-electron chi connectivity index (χ4n) is 1.21. The van der Waals surface area contributed by atoms with E-state index in [0.29, 0.717) is 29.2 Å². The van der Waals surface area contributed by atoms with Gasteiger partial charge in [0.05, 0.1) is 0 Å². The molecule has 78 valence electrons. The van der Waals surface area contributed by atoms with Crippen LogP contribution >= 0.6 is 0 Å². The first-order chi connectivity index (χ1) is 7.31. The van der Waals surface area contributed by atoms with Crippen LogP contribution in [0.3, 0.4) is 0 Å². The second-order valence-electron chi connectivity index (χ2n) is 2.99. The summed E-state index contributed by atoms with van der Waals surface area (Å²) in [5, 5.41) is 8.60. The molecular weight excluding hydrogens is 194 g/mol. The molecule has 2 heterocycles. The summed E-state index contributed by atoms with van der Waals surface area (Å²) < 4.78 is 0. The van der Waals surface area contributed by atoms with E-state index in [9.17, 15) is 0 Å². The monoisotopic (exact) mass is 205 g/mol. The van der Waals surface area contributed by atoms with Gasteiger partial charge in [0.15, 0.2) is 11.5 Å². The number of rotatable bonds is 3. The predicted octanol–water partition coefficient (Wildman–Crippen LogP) is 0.331. The molecule has 0 bridgehead atoms. The number of hydrogen-bond acceptors (Lipinski definition) is 5. The Morgan fingerprint density at radius 2 is 2.33 bits per heavy atom. The van der Waals surface area contributed by atoms with Gasteiger partial charge in [-0.3, -0.25) is 0 Å². The molecule has 2 rings (SSSR count). The molecule has 0 aliphatic heterocycles. The minimum atomic E-state index is 0.124. The van der Waals surface area contributed by atoms with Crippen molar-refractivity contribution in [3.8, 4) is 0 Å². The van der Waals surface area contributed by atoms with Gasteiger partial charge in [0.1, 0.15) is 17.7 Å². The van der Waals surface area contributed by atoms with Crippen LogP contribution in [-0.4, -0.2) is 31.6 Å². The Bertz CT molecular complexity index is 490. The molecule has 0 amide bonds. The molecule has 0 saturated carbocycles. The smallest absolute Gasteiger partial charge is 0.183 e. The van der Waals surface area contributed by atoms with Crippen molar-refractivity contribution in [1.29, 1.82) is 0 Å². The average molecular weight is 205 g/mol. The van der Waals surface area contributed by atoms with Crippen molar-refractivity contribution < 1.29 is 5.11 Å². The van der Waals surface area contributed by atoms with E-state index in [0.717, 1.165) is 0 Å². The topological polar surface area (TPSA) is 101 Å². The number of nitrogens with two attached hydrogens (primary N) is 1. The van der Waals surface area contributed by atoms with Gasteiger partial charge in [0.25, 0.3) is 0 Å². The Morgan fingerprint density at radius 1 is 1.47 bits per heavy atom. The molecule has 15 heavy (non-hydrogen) atoms. The summed E-state index contributed by atoms with van der Waals surface area (Å²) in [6.45, 7) is 0.124. The first kappa shape index (κ1) is 9.60. The Labute approximate surface area is 85.9 Å². The van der Waals surface area contributed by atoms with Crippen molar-refractivity contribution in [3.63, 3.8) is 0 Å². The maximum Gasteiger partial charge on any atom is 0.183 e. The molecule has 2 aromatic rings. The van der Waals surface area contributed by atoms with E-state index in [1.54, 1.807) is 6.08 Å². The van der Waals surface area contributed by atoms with Gasteiger partial charge in [-0.15, -0.1) is 0 Å². The third-order valence-electron chi connectivity index (χ3n) is 1.91. The number of anilines is 1. The number of aliphatic hydroxyl groups excluding tert-OH is 1. The number of aromatic nitrogens is 4. The van der Waals surface area contributed by atoms with E-state index < -0.39 is 0 Å². The van der Waals surface area contributed by atoms with Crippen molar-refractivity contribution in [2.75, 3.05) is 12.3 Å². The molecule has 6 nitrogen and oxygen atoms in total. The minimum Gasteiger partial charge on any atom is -0.396 e. The van der Waals surface area contributed by atoms with Gasteiger partial charge in [0, 0.05) is 6.61 Å². The number of fused-ring (bicyclic) bond motifs is 1. The van der Waals surface area contributed by atoms with Crippen molar-refractivity contribution in [2.45, 2.75) is 6.42 Å². The minimum absolute atomic E-state index is 0.124. The standard InChI is InChI=1S/C9H11N5O/c10-8-7-9(12-5-11-8)14-6(13-7)3-1-2-4-15/h1,3,5,15H,2,4H2,(H3,10,11,12,13,14)/b3-1-. The number of nitrogen functional groups attached to an aromatic ring is 1. The molecule has 2 aromatic heterocycles. The zero-order valence-corrected chi connectivity index (χ0v) is 8.01. The lowest BCUT2D eigenvalue weighted by molar-refractivity contribution is 0.303. The highest BCUT2D eigenvalue weighted by Gasteiger charge is 2.04. The van der Waals surface area contributed by atoms with Crippen LogP contribution in [0.15, 0.2) is 12.4 Å². The van der Waals surface area contributed by atoms with Gasteiger partial charge in [0.2, 0.25) is 0 Å². The molecule has 0 unspecified atom stereocenters. The number of aromatic amines is 1. The summed E-state index contributed by atoms with van der Waals surface area (Å²) >= 11 is 0. The first-order valence-corrected chi connectivity index (χ1v) is 4.55. The summed E-state index contributed by atoms with van der Waals surface area (Å²) in [5.41, 5.74) is 6.83. The van der Waals surface area contributed by atoms with Gasteiger partial charge in [-0.05, 0) is 12.5 Å². The van der Waals surface area contributed by atoms with Crippen molar-refractivity contribution in [1.82, 2.24) is 19.9 Å². The summed E-state index contributed by atoms with van der Waals surface area (Å²) in [6.07, 6.45) is 5.57. The van der Waals surface area contributed by atoms with Crippen molar-refractivity contribution in [3.05, 3.63) is 18.2 Å². The lowest BCUT2D eigenvalue weighted by Crippen LogP contribution is -1.91. The third kappa shape index (κ3) is 1.94. The van der Waals surface area contributed by atoms with Crippen molar-refractivity contribution >= 4 is 23.1 Å². The molecule has 0 aromatic carbocycles. The maximum absolute atomic E-state index is 8.60. The molecule has 0 atom stereocenters. The summed E-state index contributed by atoms with van der Waals surface area (Å²) in [6, 6.07) is 0. The van der Waals surface area contributed by atoms with Gasteiger partial charge < -0.3 is 15.8 Å². The molecule has 0 aliphatic rings. The number of hydrogen-bond donors (Lipinski definition) is 3. The Kier molecular flexibility index (Phi) is 2.59. The van der Waals surface area contributed by atoms with Crippen LogP contribution < -0.4 is 5.73 Å². The number of aliphatic hydroxyl groups is 1. The first-order valence-electron chi connectivity index (χ1n) is 4.55. The summed E-state index contributed by atoms with van der Waals surface area (Å²) in [5.74, 6) is 1.04. The Morgan fingerprint density at radius 3 is 3.07 bits per heavy atom. The van der Waals surface area contributed by atoms with Crippen LogP contribution in [0.5, 0.6) is 0 Å². The highest BCUT2D eigenvalue weighted by molar-refractivity contribution is 5.82. The van der Waals surface area contributed by atoms with Crippen LogP contribution in [0.4, 0.5) is 5.82 Å². The second kappa shape index (κ2) is 4.05. The number of imidazole rings is 1. The van der Waals surface area contributed by atoms with Gasteiger partial charge in [-0.25, -0.2) is 15.0 Å². The van der Waals surface area contributed by atoms with E-state index in [1.807, 2.05) is 6.08 Å². The van der Waals surface area contributed by atoms with E-state index in [2.05, 4.69) is 19.9 Å². The van der Waals surface area contributed by atoms with E-state index in [1.165, 1.54) is 6.33 Å². The number of H-pyrrole nitrogens is 1. The number of nitrogens with zero attached hydrogens (tertiary/aromatic N) is 3. The SMILES string of the molecule is Nc1ncnc2nc(/C=C\CCO)[nH]c12. The van der Waals surface area contributed by atoms with Crippen LogP contribution in [0.2, 0.25) is 0 Å². The summed E-state index contributed by atoms with van der Waals surface area (Å²) in [7, 11) is 0. The second-order valence-corrected chi connectivity index (χ2v) is 2.99. The van der Waals surface area contributed by atoms with E-state index >= 15 is 0 Å². The molecule has 0 saturated heterocycles. The van der Waals surface area contributed by atoms with Crippen LogP contribution in [0, 0.1) is 0 Å². The molecule has 0 fully saturated rings. The normalized spacial score (nSPS) is 11.5. The fourth-order valence-corrected chi connectivity index (χ4v) is 1.21. The maximum atomic E-state index is 8.60. The quantitative estimate of drug-likeness (QED) is 0.670. The highest BCUT2D eigenvalue weighted by atomic mass is 16.2. The lowest BCUT2D eigenvalue weighted by atomic mass is 10.4. The lowest BCUT2D eigenvalue weighted by Gasteiger charge is -1.89. The zero-order chi connectivity index (χ0) is 10.7. The van der Waals surface area contributed by atoms with Gasteiger partial charge >= 0.3 is 0 Å². The number of nitrogens with one attached hydrogen (secondary N) is 1. The molecule has 6 heteroatoms.